The van der Waals surface area contributed by atoms with Crippen LogP contribution in [0.25, 0.3) is 0 Å². The zero-order valence-corrected chi connectivity index (χ0v) is 19.8. The largest absolute Gasteiger partial charge is 0.203 e. The molecule has 3 aliphatic rings. The van der Waals surface area contributed by atoms with Crippen molar-refractivity contribution in [2.75, 3.05) is 0 Å². The fourth-order valence-electron chi connectivity index (χ4n) is 7.00. The van der Waals surface area contributed by atoms with Crippen molar-refractivity contribution in [3.05, 3.63) is 46.5 Å². The van der Waals surface area contributed by atoms with Crippen LogP contribution in [0, 0.1) is 35.3 Å². The highest BCUT2D eigenvalue weighted by Crippen LogP contribution is 2.49. The SMILES string of the molecule is C/C=C/CCC1CCC2CC(c3cc4c(c(F)c3F)CC(CCCC)CC4)CCC2C1. The molecule has 0 nitrogen and oxygen atoms in total. The molecular weight excluding hydrogens is 386 g/mol. The molecule has 5 atom stereocenters. The molecule has 0 spiro atoms. The van der Waals surface area contributed by atoms with E-state index in [9.17, 15) is 0 Å². The number of benzene rings is 1. The first-order valence-corrected chi connectivity index (χ1v) is 13.2. The predicted octanol–water partition coefficient (Wildman–Crippen LogP) is 8.92. The molecule has 2 heteroatoms. The molecule has 0 amide bonds. The maximum absolute atomic E-state index is 15.2. The summed E-state index contributed by atoms with van der Waals surface area (Å²) in [5, 5.41) is 0. The van der Waals surface area contributed by atoms with E-state index in [0.29, 0.717) is 23.0 Å². The van der Waals surface area contributed by atoms with Crippen LogP contribution in [0.5, 0.6) is 0 Å². The lowest BCUT2D eigenvalue weighted by Crippen LogP contribution is -2.31. The molecule has 0 heterocycles. The van der Waals surface area contributed by atoms with Crippen molar-refractivity contribution in [3.63, 3.8) is 0 Å². The number of hydrogen-bond donors (Lipinski definition) is 0. The minimum atomic E-state index is -0.515. The Bertz CT molecular complexity index is 764. The van der Waals surface area contributed by atoms with Gasteiger partial charge in [-0.05, 0) is 117 Å². The maximum Gasteiger partial charge on any atom is 0.162 e. The van der Waals surface area contributed by atoms with Crippen LogP contribution >= 0.6 is 0 Å². The van der Waals surface area contributed by atoms with Gasteiger partial charge in [-0.15, -0.1) is 0 Å². The second-order valence-electron chi connectivity index (χ2n) is 10.8. The lowest BCUT2D eigenvalue weighted by Gasteiger charge is -2.42. The Morgan fingerprint density at radius 3 is 2.55 bits per heavy atom. The molecule has 1 aromatic carbocycles. The third kappa shape index (κ3) is 5.25. The fourth-order valence-corrected chi connectivity index (χ4v) is 7.00. The quantitative estimate of drug-likeness (QED) is 0.380. The fraction of sp³-hybridized carbons (Fsp3) is 0.724. The molecule has 2 saturated carbocycles. The number of halogens is 2. The summed E-state index contributed by atoms with van der Waals surface area (Å²) in [4.78, 5) is 0. The number of fused-ring (bicyclic) bond motifs is 2. The molecule has 4 rings (SSSR count). The summed E-state index contributed by atoms with van der Waals surface area (Å²) in [6.07, 6.45) is 20.6. The Morgan fingerprint density at radius 2 is 1.74 bits per heavy atom. The van der Waals surface area contributed by atoms with Crippen molar-refractivity contribution in [2.45, 2.75) is 110 Å². The van der Waals surface area contributed by atoms with E-state index in [-0.39, 0.29) is 5.92 Å². The molecule has 0 N–H and O–H groups in total. The number of rotatable bonds is 7. The normalized spacial score (nSPS) is 30.9. The van der Waals surface area contributed by atoms with Gasteiger partial charge in [-0.2, -0.15) is 0 Å². The summed E-state index contributed by atoms with van der Waals surface area (Å²) in [7, 11) is 0. The van der Waals surface area contributed by atoms with E-state index in [2.05, 4.69) is 32.1 Å². The van der Waals surface area contributed by atoms with E-state index in [1.807, 2.05) is 0 Å². The average Bonchev–Trinajstić information content (AvgIpc) is 2.80. The molecule has 172 valence electrons. The molecule has 0 aromatic heterocycles. The second-order valence-corrected chi connectivity index (χ2v) is 10.8. The molecule has 1 aromatic rings. The Balaban J connectivity index is 1.42. The van der Waals surface area contributed by atoms with Crippen molar-refractivity contribution in [3.8, 4) is 0 Å². The molecule has 5 unspecified atom stereocenters. The number of unbranched alkanes of at least 4 members (excludes halogenated alkanes) is 1. The summed E-state index contributed by atoms with van der Waals surface area (Å²) in [5.41, 5.74) is 2.51. The van der Waals surface area contributed by atoms with Crippen LogP contribution in [-0.4, -0.2) is 0 Å². The molecule has 31 heavy (non-hydrogen) atoms. The minimum Gasteiger partial charge on any atom is -0.203 e. The Labute approximate surface area is 188 Å². The summed E-state index contributed by atoms with van der Waals surface area (Å²) < 4.78 is 30.4. The molecule has 0 aliphatic heterocycles. The van der Waals surface area contributed by atoms with Crippen molar-refractivity contribution in [1.29, 1.82) is 0 Å². The maximum atomic E-state index is 15.2. The minimum absolute atomic E-state index is 0.221. The van der Waals surface area contributed by atoms with Crippen LogP contribution in [0.2, 0.25) is 0 Å². The van der Waals surface area contributed by atoms with E-state index < -0.39 is 11.6 Å². The summed E-state index contributed by atoms with van der Waals surface area (Å²) >= 11 is 0. The monoisotopic (exact) mass is 428 g/mol. The standard InChI is InChI=1S/C29H42F2/c1-3-5-7-9-20-10-12-23-18-24(15-14-22(23)16-20)27-19-25-13-11-21(8-6-4-2)17-26(25)28(30)29(27)31/h3,5,19-24H,4,6-18H2,1-2H3/b5-3+. The predicted molar refractivity (Wildman–Crippen MR) is 126 cm³/mol. The van der Waals surface area contributed by atoms with Gasteiger partial charge in [0.1, 0.15) is 0 Å². The number of allylic oxidation sites excluding steroid dienone is 2. The highest BCUT2D eigenvalue weighted by atomic mass is 19.2. The van der Waals surface area contributed by atoms with Crippen LogP contribution in [0.1, 0.15) is 114 Å². The van der Waals surface area contributed by atoms with Crippen molar-refractivity contribution < 1.29 is 8.78 Å². The van der Waals surface area contributed by atoms with Crippen molar-refractivity contribution >= 4 is 0 Å². The molecule has 0 radical (unpaired) electrons. The average molecular weight is 429 g/mol. The van der Waals surface area contributed by atoms with E-state index in [1.165, 1.54) is 51.4 Å². The van der Waals surface area contributed by atoms with Crippen LogP contribution < -0.4 is 0 Å². The number of aryl methyl sites for hydroxylation is 1. The van der Waals surface area contributed by atoms with Crippen molar-refractivity contribution in [2.24, 2.45) is 23.7 Å². The third-order valence-electron chi connectivity index (χ3n) is 8.85. The second kappa shape index (κ2) is 10.6. The van der Waals surface area contributed by atoms with Gasteiger partial charge in [0.25, 0.3) is 0 Å². The van der Waals surface area contributed by atoms with Gasteiger partial charge in [-0.1, -0.05) is 50.8 Å². The Hall–Kier alpha value is -1.18. The first kappa shape index (κ1) is 23.0. The van der Waals surface area contributed by atoms with Gasteiger partial charge in [-0.3, -0.25) is 0 Å². The van der Waals surface area contributed by atoms with Gasteiger partial charge < -0.3 is 0 Å². The van der Waals surface area contributed by atoms with Crippen LogP contribution in [0.3, 0.4) is 0 Å². The molecular formula is C29H42F2. The van der Waals surface area contributed by atoms with Gasteiger partial charge in [-0.25, -0.2) is 8.78 Å². The van der Waals surface area contributed by atoms with Crippen LogP contribution in [0.4, 0.5) is 8.78 Å². The van der Waals surface area contributed by atoms with Gasteiger partial charge in [0, 0.05) is 0 Å². The van der Waals surface area contributed by atoms with E-state index in [1.54, 1.807) is 0 Å². The molecule has 3 aliphatic carbocycles. The van der Waals surface area contributed by atoms with Gasteiger partial charge in [0.05, 0.1) is 0 Å². The topological polar surface area (TPSA) is 0 Å². The van der Waals surface area contributed by atoms with E-state index >= 15 is 8.78 Å². The summed E-state index contributed by atoms with van der Waals surface area (Å²) in [6.45, 7) is 4.31. The summed E-state index contributed by atoms with van der Waals surface area (Å²) in [5.74, 6) is 2.12. The zero-order valence-electron chi connectivity index (χ0n) is 19.8. The summed E-state index contributed by atoms with van der Waals surface area (Å²) in [6, 6.07) is 2.08. The first-order chi connectivity index (χ1) is 15.1. The van der Waals surface area contributed by atoms with Crippen LogP contribution in [0.15, 0.2) is 18.2 Å². The third-order valence-corrected chi connectivity index (χ3v) is 8.85. The first-order valence-electron chi connectivity index (χ1n) is 13.2. The Kier molecular flexibility index (Phi) is 7.88. The zero-order chi connectivity index (χ0) is 21.8. The van der Waals surface area contributed by atoms with Gasteiger partial charge in [0.2, 0.25) is 0 Å². The Morgan fingerprint density at radius 1 is 0.935 bits per heavy atom. The lowest BCUT2D eigenvalue weighted by molar-refractivity contribution is 0.114. The van der Waals surface area contributed by atoms with E-state index in [0.717, 1.165) is 55.9 Å². The molecule has 2 fully saturated rings. The smallest absolute Gasteiger partial charge is 0.162 e. The van der Waals surface area contributed by atoms with Gasteiger partial charge in [0.15, 0.2) is 11.6 Å². The number of hydrogen-bond acceptors (Lipinski definition) is 0. The molecule has 0 saturated heterocycles. The van der Waals surface area contributed by atoms with Gasteiger partial charge >= 0.3 is 0 Å². The van der Waals surface area contributed by atoms with E-state index in [4.69, 9.17) is 0 Å². The van der Waals surface area contributed by atoms with Crippen LogP contribution in [-0.2, 0) is 12.8 Å². The highest BCUT2D eigenvalue weighted by Gasteiger charge is 2.37. The lowest BCUT2D eigenvalue weighted by atomic mass is 9.63. The highest BCUT2D eigenvalue weighted by molar-refractivity contribution is 5.38. The molecule has 0 bridgehead atoms. The van der Waals surface area contributed by atoms with Crippen molar-refractivity contribution in [1.82, 2.24) is 0 Å².